The fourth-order valence-corrected chi connectivity index (χ4v) is 3.76. The molecule has 104 valence electrons. The van der Waals surface area contributed by atoms with E-state index in [1.807, 2.05) is 34.9 Å². The summed E-state index contributed by atoms with van der Waals surface area (Å²) in [6.07, 6.45) is 1.34. The molecule has 0 bridgehead atoms. The van der Waals surface area contributed by atoms with Crippen molar-refractivity contribution in [3.63, 3.8) is 0 Å². The number of benzene rings is 1. The largest absolute Gasteiger partial charge is 0.334 e. The lowest BCUT2D eigenvalue weighted by atomic mass is 10.0. The van der Waals surface area contributed by atoms with Crippen molar-refractivity contribution in [1.82, 2.24) is 4.90 Å². The molecule has 1 aliphatic rings. The number of hydrogen-bond donors (Lipinski definition) is 1. The van der Waals surface area contributed by atoms with E-state index in [0.717, 1.165) is 18.7 Å². The number of hydrogen-bond acceptors (Lipinski definition) is 3. The minimum atomic E-state index is 0.199. The van der Waals surface area contributed by atoms with Crippen molar-refractivity contribution in [3.05, 3.63) is 35.9 Å². The van der Waals surface area contributed by atoms with E-state index in [1.165, 1.54) is 5.56 Å². The van der Waals surface area contributed by atoms with Crippen molar-refractivity contribution < 1.29 is 4.79 Å². The average molecular weight is 278 g/mol. The summed E-state index contributed by atoms with van der Waals surface area (Å²) in [7, 11) is 0. The van der Waals surface area contributed by atoms with E-state index in [4.69, 9.17) is 5.73 Å². The number of carbonyl (C=O) groups excluding carboxylic acids is 1. The molecule has 2 N–H and O–H groups in total. The van der Waals surface area contributed by atoms with Crippen LogP contribution in [0.3, 0.4) is 0 Å². The molecule has 2 unspecified atom stereocenters. The van der Waals surface area contributed by atoms with Crippen LogP contribution in [0.25, 0.3) is 0 Å². The summed E-state index contributed by atoms with van der Waals surface area (Å²) in [6.45, 7) is 3.64. The zero-order chi connectivity index (χ0) is 13.7. The first-order valence-electron chi connectivity index (χ1n) is 6.90. The maximum atomic E-state index is 12.3. The molecule has 1 saturated heterocycles. The van der Waals surface area contributed by atoms with Gasteiger partial charge in [0.1, 0.15) is 0 Å². The fraction of sp³-hybridized carbons (Fsp3) is 0.533. The highest BCUT2D eigenvalue weighted by Gasteiger charge is 2.32. The lowest BCUT2D eigenvalue weighted by molar-refractivity contribution is -0.133. The van der Waals surface area contributed by atoms with Crippen molar-refractivity contribution in [3.8, 4) is 0 Å². The van der Waals surface area contributed by atoms with Crippen molar-refractivity contribution in [1.29, 1.82) is 0 Å². The molecule has 0 saturated carbocycles. The highest BCUT2D eigenvalue weighted by molar-refractivity contribution is 8.00. The third-order valence-corrected chi connectivity index (χ3v) is 4.75. The summed E-state index contributed by atoms with van der Waals surface area (Å²) < 4.78 is 0. The van der Waals surface area contributed by atoms with Gasteiger partial charge in [0, 0.05) is 24.0 Å². The van der Waals surface area contributed by atoms with Crippen molar-refractivity contribution in [2.24, 2.45) is 5.73 Å². The zero-order valence-corrected chi connectivity index (χ0v) is 12.2. The molecule has 1 fully saturated rings. The Hall–Kier alpha value is -1.00. The molecule has 19 heavy (non-hydrogen) atoms. The predicted molar refractivity (Wildman–Crippen MR) is 81.1 cm³/mol. The monoisotopic (exact) mass is 278 g/mol. The van der Waals surface area contributed by atoms with Gasteiger partial charge in [-0.2, -0.15) is 11.8 Å². The molecule has 3 nitrogen and oxygen atoms in total. The molecule has 1 aliphatic heterocycles. The van der Waals surface area contributed by atoms with Crippen molar-refractivity contribution in [2.75, 3.05) is 18.8 Å². The Morgan fingerprint density at radius 2 is 2.16 bits per heavy atom. The normalized spacial score (nSPS) is 23.4. The van der Waals surface area contributed by atoms with E-state index in [-0.39, 0.29) is 11.9 Å². The van der Waals surface area contributed by atoms with E-state index in [1.54, 1.807) is 0 Å². The number of carbonyl (C=O) groups is 1. The molecule has 0 spiro atoms. The maximum absolute atomic E-state index is 12.3. The molecule has 0 radical (unpaired) electrons. The highest BCUT2D eigenvalue weighted by atomic mass is 32.2. The topological polar surface area (TPSA) is 46.3 Å². The van der Waals surface area contributed by atoms with Crippen molar-refractivity contribution >= 4 is 17.7 Å². The van der Waals surface area contributed by atoms with Gasteiger partial charge in [0.25, 0.3) is 0 Å². The number of thioether (sulfide) groups is 1. The van der Waals surface area contributed by atoms with E-state index in [9.17, 15) is 4.79 Å². The van der Waals surface area contributed by atoms with Crippen LogP contribution in [0.15, 0.2) is 30.3 Å². The smallest absolute Gasteiger partial charge is 0.223 e. The van der Waals surface area contributed by atoms with Crippen LogP contribution in [-0.2, 0) is 4.79 Å². The fourth-order valence-electron chi connectivity index (χ4n) is 2.60. The van der Waals surface area contributed by atoms with Gasteiger partial charge < -0.3 is 10.6 Å². The maximum Gasteiger partial charge on any atom is 0.223 e. The zero-order valence-electron chi connectivity index (χ0n) is 11.4. The molecule has 2 atom stereocenters. The first-order chi connectivity index (χ1) is 9.24. The second-order valence-corrected chi connectivity index (χ2v) is 6.40. The summed E-state index contributed by atoms with van der Waals surface area (Å²) in [6, 6.07) is 10.6. The summed E-state index contributed by atoms with van der Waals surface area (Å²) >= 11 is 1.95. The van der Waals surface area contributed by atoms with Gasteiger partial charge in [-0.05, 0) is 18.5 Å². The van der Waals surface area contributed by atoms with E-state index in [0.29, 0.717) is 18.2 Å². The van der Waals surface area contributed by atoms with Crippen LogP contribution < -0.4 is 5.73 Å². The van der Waals surface area contributed by atoms with E-state index in [2.05, 4.69) is 19.1 Å². The Morgan fingerprint density at radius 1 is 1.42 bits per heavy atom. The molecule has 1 heterocycles. The first kappa shape index (κ1) is 14.4. The quantitative estimate of drug-likeness (QED) is 0.920. The van der Waals surface area contributed by atoms with Crippen LogP contribution in [0, 0.1) is 0 Å². The Labute approximate surface area is 119 Å². The van der Waals surface area contributed by atoms with Crippen LogP contribution >= 0.6 is 11.8 Å². The van der Waals surface area contributed by atoms with Gasteiger partial charge in [0.05, 0.1) is 6.04 Å². The van der Waals surface area contributed by atoms with Gasteiger partial charge in [-0.25, -0.2) is 0 Å². The molecule has 1 amide bonds. The molecule has 4 heteroatoms. The van der Waals surface area contributed by atoms with Crippen LogP contribution in [0.1, 0.15) is 31.4 Å². The number of nitrogens with two attached hydrogens (primary N) is 1. The number of nitrogens with zero attached hydrogens (tertiary/aromatic N) is 1. The lowest BCUT2D eigenvalue weighted by Gasteiger charge is -2.40. The van der Waals surface area contributed by atoms with E-state index >= 15 is 0 Å². The summed E-state index contributed by atoms with van der Waals surface area (Å²) in [5, 5.41) is 0.443. The molecule has 0 aliphatic carbocycles. The Morgan fingerprint density at radius 3 is 2.84 bits per heavy atom. The van der Waals surface area contributed by atoms with Crippen molar-refractivity contribution in [2.45, 2.75) is 31.1 Å². The molecule has 1 aromatic rings. The summed E-state index contributed by atoms with van der Waals surface area (Å²) in [5.41, 5.74) is 6.74. The number of amides is 1. The Balaban J connectivity index is 2.17. The predicted octanol–water partition coefficient (Wildman–Crippen LogP) is 2.43. The first-order valence-corrected chi connectivity index (χ1v) is 7.95. The van der Waals surface area contributed by atoms with Gasteiger partial charge >= 0.3 is 0 Å². The molecule has 2 rings (SSSR count). The minimum absolute atomic E-state index is 0.199. The molecule has 0 aromatic heterocycles. The average Bonchev–Trinajstić information content (AvgIpc) is 2.45. The Kier molecular flexibility index (Phi) is 5.28. The Bertz CT molecular complexity index is 410. The van der Waals surface area contributed by atoms with Crippen LogP contribution in [0.4, 0.5) is 0 Å². The van der Waals surface area contributed by atoms with Crippen LogP contribution in [-0.4, -0.2) is 34.9 Å². The van der Waals surface area contributed by atoms with Gasteiger partial charge in [0.2, 0.25) is 5.91 Å². The van der Waals surface area contributed by atoms with Gasteiger partial charge in [-0.15, -0.1) is 0 Å². The van der Waals surface area contributed by atoms with Crippen LogP contribution in [0.5, 0.6) is 0 Å². The number of rotatable bonds is 4. The molecular formula is C15H22N2OS. The standard InChI is InChI=1S/C15H22N2OS/c1-12-15(13-6-3-2-4-7-13)17(10-11-19-12)14(18)8-5-9-16/h2-4,6-7,12,15H,5,8-11,16H2,1H3. The van der Waals surface area contributed by atoms with Gasteiger partial charge in [0.15, 0.2) is 0 Å². The highest BCUT2D eigenvalue weighted by Crippen LogP contribution is 2.36. The molecule has 1 aromatic carbocycles. The summed E-state index contributed by atoms with van der Waals surface area (Å²) in [5.74, 6) is 1.27. The minimum Gasteiger partial charge on any atom is -0.334 e. The summed E-state index contributed by atoms with van der Waals surface area (Å²) in [4.78, 5) is 14.4. The lowest BCUT2D eigenvalue weighted by Crippen LogP contribution is -2.44. The SMILES string of the molecule is CC1SCCN(C(=O)CCCN)C1c1ccccc1. The second-order valence-electron chi connectivity index (χ2n) is 4.91. The second kappa shape index (κ2) is 6.96. The van der Waals surface area contributed by atoms with Gasteiger partial charge in [-0.3, -0.25) is 4.79 Å². The third kappa shape index (κ3) is 3.51. The van der Waals surface area contributed by atoms with Crippen LogP contribution in [0.2, 0.25) is 0 Å². The third-order valence-electron chi connectivity index (χ3n) is 3.55. The molecular weight excluding hydrogens is 256 g/mol. The van der Waals surface area contributed by atoms with E-state index < -0.39 is 0 Å². The van der Waals surface area contributed by atoms with Gasteiger partial charge in [-0.1, -0.05) is 37.3 Å².